The van der Waals surface area contributed by atoms with E-state index in [1.807, 2.05) is 78.9 Å². The Morgan fingerprint density at radius 2 is 1.14 bits per heavy atom. The molecule has 3 rings (SSSR count). The third-order valence-electron chi connectivity index (χ3n) is 5.11. The smallest absolute Gasteiger partial charge is 0.408 e. The monoisotopic (exact) mass is 476 g/mol. The van der Waals surface area contributed by atoms with E-state index in [-0.39, 0.29) is 19.6 Å². The third-order valence-corrected chi connectivity index (χ3v) is 5.11. The number of rotatable bonds is 11. The molecule has 182 valence electrons. The first-order valence-electron chi connectivity index (χ1n) is 11.2. The second-order valence-corrected chi connectivity index (χ2v) is 7.79. The van der Waals surface area contributed by atoms with Crippen molar-refractivity contribution < 1.29 is 29.0 Å². The van der Waals surface area contributed by atoms with E-state index < -0.39 is 36.7 Å². The average Bonchev–Trinajstić information content (AvgIpc) is 2.90. The molecule has 0 unspecified atom stereocenters. The first kappa shape index (κ1) is 25.5. The molecule has 8 heteroatoms. The molecule has 0 fully saturated rings. The van der Waals surface area contributed by atoms with E-state index in [2.05, 4.69) is 10.6 Å². The third kappa shape index (κ3) is 8.60. The van der Waals surface area contributed by atoms with Gasteiger partial charge in [-0.3, -0.25) is 4.79 Å². The summed E-state index contributed by atoms with van der Waals surface area (Å²) in [4.78, 5) is 37.8. The van der Waals surface area contributed by atoms with Crippen LogP contribution in [0.4, 0.5) is 4.79 Å². The lowest BCUT2D eigenvalue weighted by atomic mass is 10.1. The summed E-state index contributed by atoms with van der Waals surface area (Å²) in [5, 5.41) is 14.6. The van der Waals surface area contributed by atoms with E-state index in [1.165, 1.54) is 0 Å². The molecule has 0 spiro atoms. The maximum absolute atomic E-state index is 12.8. The molecule has 0 aliphatic carbocycles. The summed E-state index contributed by atoms with van der Waals surface area (Å²) < 4.78 is 10.5. The second-order valence-electron chi connectivity index (χ2n) is 7.79. The fraction of sp³-hybridized carbons (Fsp3) is 0.222. The molecule has 0 aliphatic rings. The summed E-state index contributed by atoms with van der Waals surface area (Å²) in [5.74, 6) is -1.36. The maximum Gasteiger partial charge on any atom is 0.408 e. The first-order valence-corrected chi connectivity index (χ1v) is 11.2. The van der Waals surface area contributed by atoms with Crippen LogP contribution in [0, 0.1) is 0 Å². The van der Waals surface area contributed by atoms with Gasteiger partial charge in [0.15, 0.2) is 0 Å². The SMILES string of the molecule is O=C(N[C@@H](CO)C(=O)N[C@@H](Cc1ccccc1)C(=O)OCc1ccccc1)OCc1ccccc1. The fourth-order valence-corrected chi connectivity index (χ4v) is 3.25. The highest BCUT2D eigenvalue weighted by Crippen LogP contribution is 2.08. The number of nitrogens with one attached hydrogen (secondary N) is 2. The van der Waals surface area contributed by atoms with Gasteiger partial charge in [0.1, 0.15) is 25.3 Å². The molecule has 3 aromatic carbocycles. The molecule has 0 bridgehead atoms. The topological polar surface area (TPSA) is 114 Å². The number of ether oxygens (including phenoxy) is 2. The maximum atomic E-state index is 12.8. The van der Waals surface area contributed by atoms with Gasteiger partial charge in [-0.2, -0.15) is 0 Å². The highest BCUT2D eigenvalue weighted by molar-refractivity contribution is 5.89. The minimum Gasteiger partial charge on any atom is -0.459 e. The Bertz CT molecular complexity index is 1080. The molecule has 8 nitrogen and oxygen atoms in total. The highest BCUT2D eigenvalue weighted by Gasteiger charge is 2.28. The Kier molecular flexibility index (Phi) is 9.83. The molecular weight excluding hydrogens is 448 g/mol. The van der Waals surface area contributed by atoms with Crippen molar-refractivity contribution in [3.63, 3.8) is 0 Å². The van der Waals surface area contributed by atoms with E-state index in [9.17, 15) is 19.5 Å². The first-order chi connectivity index (χ1) is 17.0. The lowest BCUT2D eigenvalue weighted by Gasteiger charge is -2.21. The summed E-state index contributed by atoms with van der Waals surface area (Å²) in [6.45, 7) is -0.618. The summed E-state index contributed by atoms with van der Waals surface area (Å²) >= 11 is 0. The van der Waals surface area contributed by atoms with Crippen LogP contribution < -0.4 is 10.6 Å². The van der Waals surface area contributed by atoms with Gasteiger partial charge in [-0.1, -0.05) is 91.0 Å². The van der Waals surface area contributed by atoms with Gasteiger partial charge in [-0.15, -0.1) is 0 Å². The van der Waals surface area contributed by atoms with Crippen LogP contribution in [0.25, 0.3) is 0 Å². The van der Waals surface area contributed by atoms with Crippen LogP contribution >= 0.6 is 0 Å². The molecule has 0 aliphatic heterocycles. The molecule has 3 aromatic rings. The Labute approximate surface area is 203 Å². The zero-order valence-corrected chi connectivity index (χ0v) is 19.1. The second kappa shape index (κ2) is 13.5. The zero-order valence-electron chi connectivity index (χ0n) is 19.1. The van der Waals surface area contributed by atoms with Gasteiger partial charge in [-0.05, 0) is 16.7 Å². The van der Waals surface area contributed by atoms with Crippen molar-refractivity contribution in [1.82, 2.24) is 10.6 Å². The van der Waals surface area contributed by atoms with Gasteiger partial charge in [0.2, 0.25) is 5.91 Å². The fourth-order valence-electron chi connectivity index (χ4n) is 3.25. The van der Waals surface area contributed by atoms with Gasteiger partial charge < -0.3 is 25.2 Å². The molecule has 0 saturated carbocycles. The van der Waals surface area contributed by atoms with Gasteiger partial charge in [0, 0.05) is 6.42 Å². The van der Waals surface area contributed by atoms with Crippen molar-refractivity contribution >= 4 is 18.0 Å². The van der Waals surface area contributed by atoms with Gasteiger partial charge >= 0.3 is 12.1 Å². The molecule has 35 heavy (non-hydrogen) atoms. The molecular formula is C27H28N2O6. The summed E-state index contributed by atoms with van der Waals surface area (Å²) in [5.41, 5.74) is 2.39. The Hall–Kier alpha value is -4.17. The number of benzene rings is 3. The molecule has 0 heterocycles. The van der Waals surface area contributed by atoms with Crippen LogP contribution in [-0.4, -0.2) is 41.8 Å². The number of amides is 2. The van der Waals surface area contributed by atoms with Crippen molar-refractivity contribution in [2.24, 2.45) is 0 Å². The predicted molar refractivity (Wildman–Crippen MR) is 129 cm³/mol. The van der Waals surface area contributed by atoms with Crippen LogP contribution in [0.1, 0.15) is 16.7 Å². The Balaban J connectivity index is 1.60. The number of carbonyl (C=O) groups is 3. The summed E-state index contributed by atoms with van der Waals surface area (Å²) in [6.07, 6.45) is -0.689. The largest absolute Gasteiger partial charge is 0.459 e. The van der Waals surface area contributed by atoms with Crippen molar-refractivity contribution in [3.8, 4) is 0 Å². The van der Waals surface area contributed by atoms with Crippen LogP contribution in [-0.2, 0) is 38.7 Å². The average molecular weight is 477 g/mol. The number of aliphatic hydroxyl groups is 1. The van der Waals surface area contributed by atoms with Crippen molar-refractivity contribution in [3.05, 3.63) is 108 Å². The molecule has 3 N–H and O–H groups in total. The van der Waals surface area contributed by atoms with E-state index in [1.54, 1.807) is 12.1 Å². The number of aliphatic hydroxyl groups excluding tert-OH is 1. The van der Waals surface area contributed by atoms with Crippen molar-refractivity contribution in [2.75, 3.05) is 6.61 Å². The zero-order chi connectivity index (χ0) is 24.9. The predicted octanol–water partition coefficient (Wildman–Crippen LogP) is 2.74. The standard InChI is InChI=1S/C27H28N2O6/c30-17-24(29-27(33)35-19-22-14-8-3-9-15-22)25(31)28-23(16-20-10-4-1-5-11-20)26(32)34-18-21-12-6-2-7-13-21/h1-15,23-24,30H,16-19H2,(H,28,31)(H,29,33)/t23-,24-/m0/s1. The highest BCUT2D eigenvalue weighted by atomic mass is 16.5. The minimum atomic E-state index is -1.31. The van der Waals surface area contributed by atoms with Gasteiger partial charge in [-0.25, -0.2) is 9.59 Å². The van der Waals surface area contributed by atoms with Crippen LogP contribution in [0.5, 0.6) is 0 Å². The van der Waals surface area contributed by atoms with Gasteiger partial charge in [0.05, 0.1) is 6.61 Å². The van der Waals surface area contributed by atoms with Crippen LogP contribution in [0.15, 0.2) is 91.0 Å². The van der Waals surface area contributed by atoms with Gasteiger partial charge in [0.25, 0.3) is 0 Å². The number of carbonyl (C=O) groups excluding carboxylic acids is 3. The normalized spacial score (nSPS) is 12.1. The quantitative estimate of drug-likeness (QED) is 0.367. The van der Waals surface area contributed by atoms with Crippen molar-refractivity contribution in [2.45, 2.75) is 31.7 Å². The molecule has 0 radical (unpaired) electrons. The lowest BCUT2D eigenvalue weighted by molar-refractivity contribution is -0.149. The lowest BCUT2D eigenvalue weighted by Crippen LogP contribution is -2.54. The molecule has 2 atom stereocenters. The Morgan fingerprint density at radius 1 is 0.657 bits per heavy atom. The summed E-state index contributed by atoms with van der Waals surface area (Å²) in [6, 6.07) is 25.0. The van der Waals surface area contributed by atoms with Crippen LogP contribution in [0.3, 0.4) is 0 Å². The Morgan fingerprint density at radius 3 is 1.66 bits per heavy atom. The molecule has 0 saturated heterocycles. The molecule has 2 amide bonds. The summed E-state index contributed by atoms with van der Waals surface area (Å²) in [7, 11) is 0. The number of hydrogen-bond acceptors (Lipinski definition) is 6. The van der Waals surface area contributed by atoms with Crippen molar-refractivity contribution in [1.29, 1.82) is 0 Å². The minimum absolute atomic E-state index is 0.00881. The molecule has 0 aromatic heterocycles. The number of alkyl carbamates (subject to hydrolysis) is 1. The van der Waals surface area contributed by atoms with Crippen LogP contribution in [0.2, 0.25) is 0 Å². The number of hydrogen-bond donors (Lipinski definition) is 3. The van der Waals surface area contributed by atoms with E-state index >= 15 is 0 Å². The van der Waals surface area contributed by atoms with E-state index in [4.69, 9.17) is 9.47 Å². The number of esters is 1. The van der Waals surface area contributed by atoms with E-state index in [0.29, 0.717) is 0 Å². The van der Waals surface area contributed by atoms with E-state index in [0.717, 1.165) is 16.7 Å².